The zero-order valence-electron chi connectivity index (χ0n) is 24.6. The lowest BCUT2D eigenvalue weighted by Crippen LogP contribution is -2.60. The van der Waals surface area contributed by atoms with Gasteiger partial charge in [0.15, 0.2) is 11.6 Å². The minimum atomic E-state index is -1.41. The van der Waals surface area contributed by atoms with Crippen LogP contribution in [0.15, 0.2) is 52.8 Å². The highest BCUT2D eigenvalue weighted by molar-refractivity contribution is 7.99. The molecule has 4 heterocycles. The van der Waals surface area contributed by atoms with Crippen molar-refractivity contribution >= 4 is 34.4 Å². The smallest absolute Gasteiger partial charge is 0.354 e. The number of thioether (sulfide) groups is 1. The molecule has 0 spiro atoms. The van der Waals surface area contributed by atoms with E-state index in [4.69, 9.17) is 0 Å². The number of phenols is 1. The number of amides is 1. The first-order valence-corrected chi connectivity index (χ1v) is 15.2. The summed E-state index contributed by atoms with van der Waals surface area (Å²) in [7, 11) is 0. The van der Waals surface area contributed by atoms with Crippen molar-refractivity contribution < 1.29 is 23.1 Å². The van der Waals surface area contributed by atoms with E-state index in [1.165, 1.54) is 16.7 Å². The van der Waals surface area contributed by atoms with Crippen LogP contribution in [0.25, 0.3) is 27.7 Å². The number of hydrogen-bond acceptors (Lipinski definition) is 7. The number of pyridine rings is 1. The Kier molecular flexibility index (Phi) is 7.43. The van der Waals surface area contributed by atoms with Gasteiger partial charge in [0, 0.05) is 36.6 Å². The fraction of sp³-hybridized carbons (Fsp3) is 0.312. The molecular weight excluding hydrogens is 591 g/mol. The molecule has 8 nitrogen and oxygen atoms in total. The monoisotopic (exact) mass is 621 g/mol. The Morgan fingerprint density at radius 3 is 2.64 bits per heavy atom. The van der Waals surface area contributed by atoms with Crippen LogP contribution < -0.4 is 10.6 Å². The fourth-order valence-electron chi connectivity index (χ4n) is 6.30. The SMILES string of the molecule is C=CC(=O)N1CC(C)N2c3nc(=O)n(-c4c(C)ccnc4C(C)C)c4cc(-c5c(O)ccc(F)c5F)c(F)c(c34)SCC2C1. The first-order valence-electron chi connectivity index (χ1n) is 14.2. The maximum atomic E-state index is 16.7. The molecule has 12 heteroatoms. The summed E-state index contributed by atoms with van der Waals surface area (Å²) in [4.78, 5) is 39.5. The molecular formula is C32H30F3N5O3S. The van der Waals surface area contributed by atoms with Gasteiger partial charge in [-0.15, -0.1) is 11.8 Å². The zero-order chi connectivity index (χ0) is 31.6. The molecule has 1 saturated heterocycles. The number of hydrogen-bond donors (Lipinski definition) is 1. The lowest BCUT2D eigenvalue weighted by molar-refractivity contribution is -0.127. The molecule has 0 saturated carbocycles. The van der Waals surface area contributed by atoms with E-state index < -0.39 is 40.0 Å². The van der Waals surface area contributed by atoms with E-state index in [2.05, 4.69) is 16.5 Å². The number of nitrogens with zero attached hydrogens (tertiary/aromatic N) is 5. The number of halogens is 3. The molecule has 6 rings (SSSR count). The molecule has 4 aromatic rings. The van der Waals surface area contributed by atoms with Crippen molar-refractivity contribution in [3.05, 3.63) is 82.3 Å². The molecule has 0 bridgehead atoms. The van der Waals surface area contributed by atoms with Gasteiger partial charge >= 0.3 is 5.69 Å². The number of rotatable bonds is 4. The Labute approximate surface area is 255 Å². The minimum Gasteiger partial charge on any atom is -0.507 e. The van der Waals surface area contributed by atoms with E-state index in [0.717, 1.165) is 23.9 Å². The van der Waals surface area contributed by atoms with E-state index in [-0.39, 0.29) is 46.7 Å². The van der Waals surface area contributed by atoms with Crippen LogP contribution in [0.3, 0.4) is 0 Å². The van der Waals surface area contributed by atoms with Gasteiger partial charge in [-0.1, -0.05) is 20.4 Å². The van der Waals surface area contributed by atoms with Gasteiger partial charge in [-0.25, -0.2) is 18.0 Å². The molecule has 2 aromatic carbocycles. The lowest BCUT2D eigenvalue weighted by Gasteiger charge is -2.45. The van der Waals surface area contributed by atoms with Crippen molar-refractivity contribution in [2.75, 3.05) is 23.7 Å². The highest BCUT2D eigenvalue weighted by atomic mass is 32.2. The maximum absolute atomic E-state index is 16.7. The van der Waals surface area contributed by atoms with Crippen LogP contribution in [0.4, 0.5) is 19.0 Å². The van der Waals surface area contributed by atoms with Gasteiger partial charge in [0.2, 0.25) is 5.91 Å². The molecule has 228 valence electrons. The maximum Gasteiger partial charge on any atom is 0.354 e. The van der Waals surface area contributed by atoms with Crippen LogP contribution in [0.1, 0.15) is 37.9 Å². The number of aryl methyl sites for hydroxylation is 1. The number of aromatic nitrogens is 3. The average molecular weight is 622 g/mol. The molecule has 2 atom stereocenters. The standard InChI is InChI=1S/C32H30F3N5O3S/c1-6-23(42)38-12-17(5)39-18(13-38)14-44-30-25-21(11-19(26(30)34)24-22(41)8-7-20(33)27(24)35)40(32(43)37-31(25)39)29-16(4)9-10-36-28(29)15(2)3/h6-11,15,17-18,41H,1,12-14H2,2-5H3. The fourth-order valence-corrected chi connectivity index (χ4v) is 7.50. The number of carbonyl (C=O) groups excluding carboxylic acids is 1. The molecule has 0 radical (unpaired) electrons. The zero-order valence-corrected chi connectivity index (χ0v) is 25.4. The molecule has 2 unspecified atom stereocenters. The number of carbonyl (C=O) groups is 1. The highest BCUT2D eigenvalue weighted by Crippen LogP contribution is 2.47. The van der Waals surface area contributed by atoms with Gasteiger partial charge in [-0.05, 0) is 55.7 Å². The predicted molar refractivity (Wildman–Crippen MR) is 164 cm³/mol. The number of phenolic OH excluding ortho intramolecular Hbond substituents is 1. The lowest BCUT2D eigenvalue weighted by atomic mass is 9.99. The molecule has 0 aliphatic carbocycles. The predicted octanol–water partition coefficient (Wildman–Crippen LogP) is 5.70. The van der Waals surface area contributed by atoms with E-state index in [1.807, 2.05) is 32.6 Å². The Hall–Kier alpha value is -4.32. The van der Waals surface area contributed by atoms with Crippen molar-refractivity contribution in [1.82, 2.24) is 19.4 Å². The van der Waals surface area contributed by atoms with Crippen LogP contribution >= 0.6 is 11.8 Å². The third kappa shape index (κ3) is 4.54. The normalized spacial score (nSPS) is 18.0. The number of benzene rings is 2. The first-order chi connectivity index (χ1) is 20.9. The van der Waals surface area contributed by atoms with Crippen LogP contribution in [0.5, 0.6) is 5.75 Å². The summed E-state index contributed by atoms with van der Waals surface area (Å²) < 4.78 is 47.8. The average Bonchev–Trinajstić information content (AvgIpc) is 3.15. The number of anilines is 1. The van der Waals surface area contributed by atoms with Crippen LogP contribution in [0, 0.1) is 24.4 Å². The summed E-state index contributed by atoms with van der Waals surface area (Å²) in [6, 6.07) is 4.10. The Balaban J connectivity index is 1.74. The quantitative estimate of drug-likeness (QED) is 0.293. The largest absolute Gasteiger partial charge is 0.507 e. The van der Waals surface area contributed by atoms with Crippen molar-refractivity contribution in [2.24, 2.45) is 0 Å². The summed E-state index contributed by atoms with van der Waals surface area (Å²) in [5.41, 5.74) is 0.254. The molecule has 1 amide bonds. The van der Waals surface area contributed by atoms with E-state index in [0.29, 0.717) is 34.6 Å². The highest BCUT2D eigenvalue weighted by Gasteiger charge is 2.40. The Morgan fingerprint density at radius 2 is 1.93 bits per heavy atom. The van der Waals surface area contributed by atoms with Crippen LogP contribution in [-0.4, -0.2) is 61.4 Å². The second-order valence-electron chi connectivity index (χ2n) is 11.5. The second kappa shape index (κ2) is 11.0. The number of piperazine rings is 1. The number of aromatic hydroxyl groups is 1. The molecule has 2 aliphatic rings. The van der Waals surface area contributed by atoms with Crippen LogP contribution in [0.2, 0.25) is 0 Å². The van der Waals surface area contributed by atoms with Crippen molar-refractivity contribution in [2.45, 2.75) is 50.6 Å². The summed E-state index contributed by atoms with van der Waals surface area (Å²) in [6.45, 7) is 11.8. The van der Waals surface area contributed by atoms with E-state index in [1.54, 1.807) is 17.2 Å². The van der Waals surface area contributed by atoms with Gasteiger partial charge in [0.05, 0.1) is 38.8 Å². The van der Waals surface area contributed by atoms with Gasteiger partial charge in [-0.3, -0.25) is 14.3 Å². The Bertz CT molecular complexity index is 1930. The van der Waals surface area contributed by atoms with Gasteiger partial charge in [0.1, 0.15) is 17.4 Å². The summed E-state index contributed by atoms with van der Waals surface area (Å²) >= 11 is 1.14. The van der Waals surface area contributed by atoms with Crippen LogP contribution in [-0.2, 0) is 4.79 Å². The molecule has 44 heavy (non-hydrogen) atoms. The molecule has 1 N–H and O–H groups in total. The summed E-state index contributed by atoms with van der Waals surface area (Å²) in [6.07, 6.45) is 2.88. The van der Waals surface area contributed by atoms with E-state index >= 15 is 8.78 Å². The van der Waals surface area contributed by atoms with Crippen molar-refractivity contribution in [1.29, 1.82) is 0 Å². The van der Waals surface area contributed by atoms with Gasteiger partial charge in [-0.2, -0.15) is 4.98 Å². The second-order valence-corrected chi connectivity index (χ2v) is 12.5. The Morgan fingerprint density at radius 1 is 1.18 bits per heavy atom. The third-order valence-corrected chi connectivity index (χ3v) is 9.48. The third-order valence-electron chi connectivity index (χ3n) is 8.26. The van der Waals surface area contributed by atoms with Gasteiger partial charge in [0.25, 0.3) is 0 Å². The van der Waals surface area contributed by atoms with Crippen molar-refractivity contribution in [3.63, 3.8) is 0 Å². The number of fused-ring (bicyclic) bond motifs is 2. The van der Waals surface area contributed by atoms with Crippen molar-refractivity contribution in [3.8, 4) is 22.6 Å². The molecule has 2 aliphatic heterocycles. The minimum absolute atomic E-state index is 0.0765. The topological polar surface area (TPSA) is 91.6 Å². The van der Waals surface area contributed by atoms with E-state index in [9.17, 15) is 19.1 Å². The summed E-state index contributed by atoms with van der Waals surface area (Å²) in [5, 5.41) is 11.0. The molecule has 2 aromatic heterocycles. The summed E-state index contributed by atoms with van der Waals surface area (Å²) in [5.74, 6) is -4.02. The molecule has 1 fully saturated rings. The van der Waals surface area contributed by atoms with Gasteiger partial charge < -0.3 is 14.9 Å². The first kappa shape index (κ1) is 29.7.